The Kier molecular flexibility index (Phi) is 6.14. The highest BCUT2D eigenvalue weighted by atomic mass is 16.5. The van der Waals surface area contributed by atoms with E-state index >= 15 is 0 Å². The van der Waals surface area contributed by atoms with Gasteiger partial charge in [0.1, 0.15) is 0 Å². The average Bonchev–Trinajstić information content (AvgIpc) is 2.80. The molecule has 0 saturated carbocycles. The summed E-state index contributed by atoms with van der Waals surface area (Å²) in [5.41, 5.74) is 4.46. The Morgan fingerprint density at radius 1 is 1.00 bits per heavy atom. The lowest BCUT2D eigenvalue weighted by Gasteiger charge is -2.26. The number of benzene rings is 1. The first-order chi connectivity index (χ1) is 14.7. The minimum absolute atomic E-state index is 0.134. The van der Waals surface area contributed by atoms with Crippen molar-refractivity contribution in [1.82, 2.24) is 14.9 Å². The third-order valence-corrected chi connectivity index (χ3v) is 4.86. The summed E-state index contributed by atoms with van der Waals surface area (Å²) in [4.78, 5) is 21.8. The van der Waals surface area contributed by atoms with Crippen molar-refractivity contribution >= 4 is 5.97 Å². The van der Waals surface area contributed by atoms with Crippen LogP contribution in [-0.4, -0.2) is 52.2 Å². The number of hydrogen-bond donors (Lipinski definition) is 1. The van der Waals surface area contributed by atoms with Gasteiger partial charge in [0.05, 0.1) is 24.5 Å². The van der Waals surface area contributed by atoms with Gasteiger partial charge in [-0.05, 0) is 35.9 Å². The molecule has 1 aromatic carbocycles. The third kappa shape index (κ3) is 5.09. The van der Waals surface area contributed by atoms with Crippen molar-refractivity contribution in [3.63, 3.8) is 0 Å². The summed E-state index contributed by atoms with van der Waals surface area (Å²) in [6, 6.07) is 13.5. The van der Waals surface area contributed by atoms with Crippen LogP contribution in [-0.2, 0) is 11.3 Å². The molecular weight excluding hydrogens is 378 g/mol. The molecule has 2 aromatic heterocycles. The molecule has 1 fully saturated rings. The lowest BCUT2D eigenvalue weighted by Crippen LogP contribution is -2.35. The van der Waals surface area contributed by atoms with Crippen molar-refractivity contribution in [2.75, 3.05) is 26.3 Å². The third-order valence-electron chi connectivity index (χ3n) is 4.86. The zero-order valence-corrected chi connectivity index (χ0v) is 16.4. The van der Waals surface area contributed by atoms with Gasteiger partial charge < -0.3 is 9.84 Å². The van der Waals surface area contributed by atoms with Crippen LogP contribution in [0, 0.1) is 11.8 Å². The molecule has 30 heavy (non-hydrogen) atoms. The lowest BCUT2D eigenvalue weighted by atomic mass is 10.1. The Morgan fingerprint density at radius 2 is 1.73 bits per heavy atom. The quantitative estimate of drug-likeness (QED) is 0.680. The van der Waals surface area contributed by atoms with Crippen LogP contribution in [0.15, 0.2) is 61.1 Å². The molecule has 1 aliphatic heterocycles. The molecule has 6 heteroatoms. The maximum absolute atomic E-state index is 11.1. The van der Waals surface area contributed by atoms with E-state index in [1.807, 2.05) is 24.3 Å². The number of carbonyl (C=O) groups is 1. The van der Waals surface area contributed by atoms with Gasteiger partial charge in [0, 0.05) is 54.9 Å². The van der Waals surface area contributed by atoms with Crippen LogP contribution >= 0.6 is 0 Å². The molecular formula is C24H21N3O3. The Balaban J connectivity index is 1.41. The number of morpholine rings is 1. The standard InChI is InChI=1S/C24H21N3O3/c28-24(29)22-13-21(15-25-16-22)23-8-7-19(14-26-23)4-1-18-2-5-20(6-3-18)17-27-9-11-30-12-10-27/h2-3,5-8,13-16H,9-12,17H2,(H,28,29). The zero-order chi connectivity index (χ0) is 20.8. The zero-order valence-electron chi connectivity index (χ0n) is 16.4. The highest BCUT2D eigenvalue weighted by Crippen LogP contribution is 2.17. The summed E-state index contributed by atoms with van der Waals surface area (Å²) in [6.45, 7) is 4.48. The Hall–Kier alpha value is -3.53. The van der Waals surface area contributed by atoms with Crippen molar-refractivity contribution in [3.05, 3.63) is 83.3 Å². The first-order valence-corrected chi connectivity index (χ1v) is 9.73. The number of aromatic carboxylic acids is 1. The lowest BCUT2D eigenvalue weighted by molar-refractivity contribution is 0.0342. The molecule has 0 atom stereocenters. The van der Waals surface area contributed by atoms with Crippen LogP contribution in [0.2, 0.25) is 0 Å². The van der Waals surface area contributed by atoms with Crippen LogP contribution in [0.3, 0.4) is 0 Å². The molecule has 0 bridgehead atoms. The number of carboxylic acids is 1. The van der Waals surface area contributed by atoms with Gasteiger partial charge in [-0.2, -0.15) is 0 Å². The van der Waals surface area contributed by atoms with E-state index in [0.717, 1.165) is 44.0 Å². The van der Waals surface area contributed by atoms with Crippen molar-refractivity contribution in [3.8, 4) is 23.1 Å². The normalized spacial score (nSPS) is 14.0. The summed E-state index contributed by atoms with van der Waals surface area (Å²) < 4.78 is 5.39. The molecule has 3 heterocycles. The summed E-state index contributed by atoms with van der Waals surface area (Å²) in [5.74, 6) is 5.27. The number of hydrogen-bond acceptors (Lipinski definition) is 5. The number of aromatic nitrogens is 2. The average molecular weight is 399 g/mol. The highest BCUT2D eigenvalue weighted by Gasteiger charge is 2.10. The van der Waals surface area contributed by atoms with Gasteiger partial charge >= 0.3 is 5.97 Å². The van der Waals surface area contributed by atoms with Gasteiger partial charge in [0.15, 0.2) is 0 Å². The number of rotatable bonds is 4. The van der Waals surface area contributed by atoms with E-state index in [1.165, 1.54) is 11.8 Å². The van der Waals surface area contributed by atoms with Crippen LogP contribution in [0.25, 0.3) is 11.3 Å². The molecule has 0 amide bonds. The molecule has 1 aliphatic rings. The fourth-order valence-corrected chi connectivity index (χ4v) is 3.19. The molecule has 1 N–H and O–H groups in total. The minimum atomic E-state index is -1.01. The van der Waals surface area contributed by atoms with Gasteiger partial charge in [0.25, 0.3) is 0 Å². The van der Waals surface area contributed by atoms with E-state index in [-0.39, 0.29) is 5.56 Å². The van der Waals surface area contributed by atoms with E-state index in [9.17, 15) is 4.79 Å². The molecule has 6 nitrogen and oxygen atoms in total. The van der Waals surface area contributed by atoms with Crippen LogP contribution in [0.1, 0.15) is 27.0 Å². The summed E-state index contributed by atoms with van der Waals surface area (Å²) in [6.07, 6.45) is 4.60. The minimum Gasteiger partial charge on any atom is -0.478 e. The molecule has 4 rings (SSSR count). The fourth-order valence-electron chi connectivity index (χ4n) is 3.19. The maximum atomic E-state index is 11.1. The number of pyridine rings is 2. The SMILES string of the molecule is O=C(O)c1cncc(-c2ccc(C#Cc3ccc(CN4CCOCC4)cc3)cn2)c1. The van der Waals surface area contributed by atoms with Crippen molar-refractivity contribution in [2.24, 2.45) is 0 Å². The van der Waals surface area contributed by atoms with E-state index < -0.39 is 5.97 Å². The fraction of sp³-hybridized carbons (Fsp3) is 0.208. The number of carboxylic acid groups (broad SMARTS) is 1. The van der Waals surface area contributed by atoms with Crippen molar-refractivity contribution in [1.29, 1.82) is 0 Å². The predicted octanol–water partition coefficient (Wildman–Crippen LogP) is 3.07. The predicted molar refractivity (Wildman–Crippen MR) is 113 cm³/mol. The largest absolute Gasteiger partial charge is 0.478 e. The van der Waals surface area contributed by atoms with E-state index in [0.29, 0.717) is 11.3 Å². The van der Waals surface area contributed by atoms with Crippen LogP contribution in [0.4, 0.5) is 0 Å². The van der Waals surface area contributed by atoms with Gasteiger partial charge in [-0.1, -0.05) is 24.0 Å². The van der Waals surface area contributed by atoms with Gasteiger partial charge in [-0.25, -0.2) is 4.79 Å². The van der Waals surface area contributed by atoms with Crippen LogP contribution in [0.5, 0.6) is 0 Å². The second-order valence-corrected chi connectivity index (χ2v) is 7.04. The number of ether oxygens (including phenoxy) is 1. The monoisotopic (exact) mass is 399 g/mol. The smallest absolute Gasteiger partial charge is 0.337 e. The first-order valence-electron chi connectivity index (χ1n) is 9.73. The summed E-state index contributed by atoms with van der Waals surface area (Å²) in [7, 11) is 0. The molecule has 0 unspecified atom stereocenters. The molecule has 150 valence electrons. The topological polar surface area (TPSA) is 75.5 Å². The second-order valence-electron chi connectivity index (χ2n) is 7.04. The van der Waals surface area contributed by atoms with Gasteiger partial charge in [0.2, 0.25) is 0 Å². The molecule has 0 aliphatic carbocycles. The Morgan fingerprint density at radius 3 is 2.43 bits per heavy atom. The summed E-state index contributed by atoms with van der Waals surface area (Å²) >= 11 is 0. The van der Waals surface area contributed by atoms with E-state index in [1.54, 1.807) is 18.5 Å². The van der Waals surface area contributed by atoms with E-state index in [4.69, 9.17) is 9.84 Å². The number of nitrogens with zero attached hydrogens (tertiary/aromatic N) is 3. The second kappa shape index (κ2) is 9.31. The molecule has 3 aromatic rings. The first kappa shape index (κ1) is 19.8. The van der Waals surface area contributed by atoms with E-state index in [2.05, 4.69) is 38.8 Å². The van der Waals surface area contributed by atoms with Gasteiger partial charge in [-0.15, -0.1) is 0 Å². The molecule has 0 spiro atoms. The Labute approximate surface area is 175 Å². The maximum Gasteiger partial charge on any atom is 0.337 e. The molecule has 1 saturated heterocycles. The molecule has 0 radical (unpaired) electrons. The highest BCUT2D eigenvalue weighted by molar-refractivity contribution is 5.88. The Bertz CT molecular complexity index is 1080. The van der Waals surface area contributed by atoms with Crippen molar-refractivity contribution < 1.29 is 14.6 Å². The van der Waals surface area contributed by atoms with Crippen LogP contribution < -0.4 is 0 Å². The van der Waals surface area contributed by atoms with Crippen molar-refractivity contribution in [2.45, 2.75) is 6.54 Å². The van der Waals surface area contributed by atoms with Gasteiger partial charge in [-0.3, -0.25) is 14.9 Å². The summed E-state index contributed by atoms with van der Waals surface area (Å²) in [5, 5.41) is 9.09.